The number of aromatic nitrogens is 1. The van der Waals surface area contributed by atoms with Crippen LogP contribution in [0.5, 0.6) is 0 Å². The zero-order valence-electron chi connectivity index (χ0n) is 14.1. The first kappa shape index (κ1) is 16.5. The molecule has 7 heteroatoms. The molecule has 1 aromatic heterocycles. The van der Waals surface area contributed by atoms with Gasteiger partial charge in [0.25, 0.3) is 5.91 Å². The van der Waals surface area contributed by atoms with Crippen LogP contribution in [0.4, 0.5) is 5.13 Å². The molecule has 25 heavy (non-hydrogen) atoms. The molecule has 2 saturated heterocycles. The van der Waals surface area contributed by atoms with Crippen LogP contribution < -0.4 is 11.1 Å². The predicted molar refractivity (Wildman–Crippen MR) is 97.6 cm³/mol. The monoisotopic (exact) mass is 358 g/mol. The Labute approximate surface area is 151 Å². The molecule has 0 spiro atoms. The summed E-state index contributed by atoms with van der Waals surface area (Å²) in [5.74, 6) is -0.0722. The van der Waals surface area contributed by atoms with Gasteiger partial charge in [0.1, 0.15) is 4.88 Å². The van der Waals surface area contributed by atoms with Gasteiger partial charge in [-0.1, -0.05) is 41.7 Å². The summed E-state index contributed by atoms with van der Waals surface area (Å²) in [6, 6.07) is 10.8. The molecule has 3 N–H and O–H groups in total. The van der Waals surface area contributed by atoms with Gasteiger partial charge in [0.05, 0.1) is 18.4 Å². The number of carbonyl (C=O) groups excluding carboxylic acids is 1. The lowest BCUT2D eigenvalue weighted by atomic mass is 10.1. The van der Waals surface area contributed by atoms with E-state index < -0.39 is 0 Å². The summed E-state index contributed by atoms with van der Waals surface area (Å²) in [6.07, 6.45) is 1.02. The van der Waals surface area contributed by atoms with Gasteiger partial charge in [-0.3, -0.25) is 9.69 Å². The van der Waals surface area contributed by atoms with Crippen molar-refractivity contribution in [1.29, 1.82) is 0 Å². The molecule has 6 nitrogen and oxygen atoms in total. The Bertz CT molecular complexity index is 764. The lowest BCUT2D eigenvalue weighted by Crippen LogP contribution is -2.43. The van der Waals surface area contributed by atoms with E-state index in [2.05, 4.69) is 27.3 Å². The van der Waals surface area contributed by atoms with Crippen molar-refractivity contribution in [2.75, 3.05) is 25.4 Å². The molecule has 2 aliphatic rings. The number of morpholine rings is 1. The molecule has 3 heterocycles. The number of thiazole rings is 1. The molecular formula is C18H22N4O2S. The fourth-order valence-electron chi connectivity index (χ4n) is 3.73. The number of hydrogen-bond acceptors (Lipinski definition) is 6. The molecule has 4 rings (SSSR count). The van der Waals surface area contributed by atoms with E-state index in [9.17, 15) is 4.79 Å². The number of rotatable bonds is 3. The van der Waals surface area contributed by atoms with Gasteiger partial charge in [-0.15, -0.1) is 0 Å². The highest BCUT2D eigenvalue weighted by Crippen LogP contribution is 2.30. The molecule has 0 saturated carbocycles. The SMILES string of the molecule is Cc1nc(N)sc1C(=O)N[C@@H]1C[C@H]2CO[C@@H](c3ccccc3)CN2C1. The summed E-state index contributed by atoms with van der Waals surface area (Å²) in [5, 5.41) is 3.57. The van der Waals surface area contributed by atoms with E-state index in [0.717, 1.165) is 19.5 Å². The Hall–Kier alpha value is -1.96. The summed E-state index contributed by atoms with van der Waals surface area (Å²) in [4.78, 5) is 19.7. The second-order valence-corrected chi connectivity index (χ2v) is 7.74. The van der Waals surface area contributed by atoms with Crippen molar-refractivity contribution in [3.63, 3.8) is 0 Å². The minimum absolute atomic E-state index is 0.0722. The van der Waals surface area contributed by atoms with E-state index in [-0.39, 0.29) is 18.1 Å². The number of nitrogens with zero attached hydrogens (tertiary/aromatic N) is 2. The van der Waals surface area contributed by atoms with E-state index >= 15 is 0 Å². The number of aryl methyl sites for hydroxylation is 1. The standard InChI is InChI=1S/C18H22N4O2S/c1-11-16(25-18(19)20-11)17(23)21-13-7-14-10-24-15(9-22(14)8-13)12-5-3-2-4-6-12/h2-6,13-15H,7-10H2,1H3,(H2,19,20)(H,21,23)/t13-,14+,15-/m1/s1. The quantitative estimate of drug-likeness (QED) is 0.877. The first-order valence-corrected chi connectivity index (χ1v) is 9.36. The van der Waals surface area contributed by atoms with Crippen LogP contribution in [0, 0.1) is 6.92 Å². The zero-order chi connectivity index (χ0) is 17.4. The molecule has 0 aliphatic carbocycles. The van der Waals surface area contributed by atoms with Gasteiger partial charge < -0.3 is 15.8 Å². The fourth-order valence-corrected chi connectivity index (χ4v) is 4.46. The van der Waals surface area contributed by atoms with E-state index in [4.69, 9.17) is 10.5 Å². The van der Waals surface area contributed by atoms with Gasteiger partial charge in [0, 0.05) is 25.2 Å². The maximum atomic E-state index is 12.5. The summed E-state index contributed by atoms with van der Waals surface area (Å²) < 4.78 is 6.06. The number of nitrogen functional groups attached to an aromatic ring is 1. The fraction of sp³-hybridized carbons (Fsp3) is 0.444. The Morgan fingerprint density at radius 1 is 1.36 bits per heavy atom. The van der Waals surface area contributed by atoms with Crippen molar-refractivity contribution in [2.24, 2.45) is 0 Å². The minimum atomic E-state index is -0.0722. The van der Waals surface area contributed by atoms with E-state index in [1.165, 1.54) is 16.9 Å². The second kappa shape index (κ2) is 6.74. The minimum Gasteiger partial charge on any atom is -0.375 e. The lowest BCUT2D eigenvalue weighted by Gasteiger charge is -2.35. The van der Waals surface area contributed by atoms with Gasteiger partial charge in [-0.25, -0.2) is 4.98 Å². The van der Waals surface area contributed by atoms with Crippen molar-refractivity contribution < 1.29 is 9.53 Å². The molecule has 3 atom stereocenters. The predicted octanol–water partition coefficient (Wildman–Crippen LogP) is 1.98. The second-order valence-electron chi connectivity index (χ2n) is 6.71. The number of ether oxygens (including phenoxy) is 1. The van der Waals surface area contributed by atoms with Crippen LogP contribution in [-0.2, 0) is 4.74 Å². The number of anilines is 1. The topological polar surface area (TPSA) is 80.5 Å². The maximum Gasteiger partial charge on any atom is 0.263 e. The number of fused-ring (bicyclic) bond motifs is 1. The number of benzene rings is 1. The Balaban J connectivity index is 1.38. The van der Waals surface area contributed by atoms with Gasteiger partial charge in [-0.2, -0.15) is 0 Å². The third-order valence-electron chi connectivity index (χ3n) is 4.94. The van der Waals surface area contributed by atoms with Crippen molar-refractivity contribution in [1.82, 2.24) is 15.2 Å². The lowest BCUT2D eigenvalue weighted by molar-refractivity contribution is -0.0502. The molecule has 2 aliphatic heterocycles. The van der Waals surface area contributed by atoms with Crippen LogP contribution in [0.3, 0.4) is 0 Å². The molecule has 132 valence electrons. The van der Waals surface area contributed by atoms with Gasteiger partial charge >= 0.3 is 0 Å². The zero-order valence-corrected chi connectivity index (χ0v) is 15.0. The molecular weight excluding hydrogens is 336 g/mol. The Kier molecular flexibility index (Phi) is 4.45. The van der Waals surface area contributed by atoms with Crippen LogP contribution in [0.1, 0.15) is 33.5 Å². The van der Waals surface area contributed by atoms with Crippen molar-refractivity contribution in [2.45, 2.75) is 31.5 Å². The third-order valence-corrected chi connectivity index (χ3v) is 5.93. The maximum absolute atomic E-state index is 12.5. The smallest absolute Gasteiger partial charge is 0.263 e. The van der Waals surface area contributed by atoms with Crippen LogP contribution in [0.25, 0.3) is 0 Å². The van der Waals surface area contributed by atoms with Gasteiger partial charge in [0.15, 0.2) is 5.13 Å². The van der Waals surface area contributed by atoms with Crippen molar-refractivity contribution in [3.05, 3.63) is 46.5 Å². The molecule has 1 aromatic carbocycles. The highest BCUT2D eigenvalue weighted by Gasteiger charge is 2.38. The summed E-state index contributed by atoms with van der Waals surface area (Å²) >= 11 is 1.25. The first-order chi connectivity index (χ1) is 12.1. The summed E-state index contributed by atoms with van der Waals surface area (Å²) in [7, 11) is 0. The number of amides is 1. The molecule has 2 aromatic rings. The molecule has 1 amide bonds. The normalized spacial score (nSPS) is 26.4. The van der Waals surface area contributed by atoms with E-state index in [1.54, 1.807) is 0 Å². The van der Waals surface area contributed by atoms with Crippen LogP contribution in [0.15, 0.2) is 30.3 Å². The number of carbonyl (C=O) groups is 1. The first-order valence-electron chi connectivity index (χ1n) is 8.54. The molecule has 0 bridgehead atoms. The van der Waals surface area contributed by atoms with E-state index in [0.29, 0.717) is 28.4 Å². The van der Waals surface area contributed by atoms with Gasteiger partial charge in [0.2, 0.25) is 0 Å². The molecule has 2 fully saturated rings. The van der Waals surface area contributed by atoms with Crippen molar-refractivity contribution in [3.8, 4) is 0 Å². The third kappa shape index (κ3) is 3.40. The number of nitrogens with one attached hydrogen (secondary N) is 1. The van der Waals surface area contributed by atoms with Crippen molar-refractivity contribution >= 4 is 22.4 Å². The average Bonchev–Trinajstić information content (AvgIpc) is 3.16. The van der Waals surface area contributed by atoms with Crippen LogP contribution >= 0.6 is 11.3 Å². The summed E-state index contributed by atoms with van der Waals surface area (Å²) in [6.45, 7) is 4.25. The Morgan fingerprint density at radius 3 is 2.88 bits per heavy atom. The number of nitrogens with two attached hydrogens (primary N) is 1. The van der Waals surface area contributed by atoms with Crippen LogP contribution in [0.2, 0.25) is 0 Å². The highest BCUT2D eigenvalue weighted by atomic mass is 32.1. The number of hydrogen-bond donors (Lipinski definition) is 2. The molecule has 0 radical (unpaired) electrons. The average molecular weight is 358 g/mol. The van der Waals surface area contributed by atoms with E-state index in [1.807, 2.05) is 25.1 Å². The highest BCUT2D eigenvalue weighted by molar-refractivity contribution is 7.17. The summed E-state index contributed by atoms with van der Waals surface area (Å²) in [5.41, 5.74) is 7.60. The van der Waals surface area contributed by atoms with Crippen LogP contribution in [-0.4, -0.2) is 47.6 Å². The molecule has 0 unspecified atom stereocenters. The van der Waals surface area contributed by atoms with Gasteiger partial charge in [-0.05, 0) is 18.9 Å². The largest absolute Gasteiger partial charge is 0.375 e. The Morgan fingerprint density at radius 2 is 2.16 bits per heavy atom.